The van der Waals surface area contributed by atoms with Crippen molar-refractivity contribution in [1.82, 2.24) is 40.4 Å². The first-order valence-corrected chi connectivity index (χ1v) is 25.2. The molecule has 17 heteroatoms. The summed E-state index contributed by atoms with van der Waals surface area (Å²) in [6.07, 6.45) is 7.50. The molecule has 62 heavy (non-hydrogen) atoms. The van der Waals surface area contributed by atoms with E-state index in [1.165, 1.54) is 14.2 Å². The molecular weight excluding hydrogens is 809 g/mol. The fourth-order valence-electron chi connectivity index (χ4n) is 9.64. The fourth-order valence-corrected chi connectivity index (χ4v) is 12.5. The molecule has 0 radical (unpaired) electrons. The summed E-state index contributed by atoms with van der Waals surface area (Å²) < 4.78 is 20.9. The van der Waals surface area contributed by atoms with Crippen molar-refractivity contribution >= 4 is 32.1 Å². The summed E-state index contributed by atoms with van der Waals surface area (Å²) >= 11 is 0. The standard InChI is InChI=1S/C45H58N8O8Si/c1-58-44(56)50-38(32-15-20-60-21-16-32)42(54)52-19-5-6-36(52)40-46-24-34(48-40)30-11-7-28(8-12-30)29-9-13-31(14-10-29)35-25-47-41(49-35)37-26-62(3,4)27-53(37)43(55)39(51-45(57)59-2)33-17-22-61-23-18-33/h7-14,24-25,32-33,36-39H,5-6,15-23,26-27H2,1-4H3,(H,46,48)(H,47,49)(H,50,56)(H,51,57)/t36-,37-,38-,39-/m0/s1. The summed E-state index contributed by atoms with van der Waals surface area (Å²) in [6, 6.07) is 15.7. The first kappa shape index (κ1) is 43.1. The average molecular weight is 867 g/mol. The summed E-state index contributed by atoms with van der Waals surface area (Å²) in [5.74, 6) is 1.20. The lowest BCUT2D eigenvalue weighted by atomic mass is 9.90. The second-order valence-electron chi connectivity index (χ2n) is 17.7. The number of carbonyl (C=O) groups is 4. The molecule has 4 fully saturated rings. The molecule has 0 unspecified atom stereocenters. The molecule has 4 amide bonds. The predicted molar refractivity (Wildman–Crippen MR) is 233 cm³/mol. The molecule has 0 bridgehead atoms. The van der Waals surface area contributed by atoms with E-state index in [0.29, 0.717) is 64.8 Å². The van der Waals surface area contributed by atoms with Crippen molar-refractivity contribution in [2.24, 2.45) is 11.8 Å². The van der Waals surface area contributed by atoms with Crippen LogP contribution in [0.25, 0.3) is 33.6 Å². The highest BCUT2D eigenvalue weighted by Crippen LogP contribution is 2.39. The number of nitrogens with zero attached hydrogens (tertiary/aromatic N) is 4. The normalized spacial score (nSPS) is 21.6. The van der Waals surface area contributed by atoms with Crippen LogP contribution in [0.2, 0.25) is 19.1 Å². The smallest absolute Gasteiger partial charge is 0.407 e. The van der Waals surface area contributed by atoms with Crippen molar-refractivity contribution in [1.29, 1.82) is 0 Å². The predicted octanol–water partition coefficient (Wildman–Crippen LogP) is 6.23. The molecule has 4 aromatic rings. The second-order valence-corrected chi connectivity index (χ2v) is 22.7. The molecule has 4 aliphatic rings. The van der Waals surface area contributed by atoms with E-state index in [9.17, 15) is 19.2 Å². The SMILES string of the molecule is COC(=O)N[C@H](C(=O)N1CCC[C@H]1c1ncc(-c2ccc(-c3ccc(-c4cnc([C@@H]5C[Si](C)(C)CN5C(=O)[C@@H](NC(=O)OC)C5CCOCC5)[nH]4)cc3)cc2)[nH]1)C1CCOCC1. The number of H-pyrrole nitrogens is 2. The second kappa shape index (κ2) is 18.8. The highest BCUT2D eigenvalue weighted by Gasteiger charge is 2.47. The van der Waals surface area contributed by atoms with Gasteiger partial charge in [0.25, 0.3) is 0 Å². The Bertz CT molecular complexity index is 2200. The number of nitrogens with one attached hydrogen (secondary N) is 4. The van der Waals surface area contributed by atoms with Crippen molar-refractivity contribution in [3.05, 3.63) is 72.6 Å². The van der Waals surface area contributed by atoms with Gasteiger partial charge in [0.15, 0.2) is 0 Å². The maximum atomic E-state index is 14.3. The first-order chi connectivity index (χ1) is 30.0. The Kier molecular flexibility index (Phi) is 13.1. The van der Waals surface area contributed by atoms with E-state index in [2.05, 4.69) is 82.2 Å². The summed E-state index contributed by atoms with van der Waals surface area (Å²) in [5, 5.41) is 5.67. The van der Waals surface area contributed by atoms with Crippen LogP contribution in [0.15, 0.2) is 60.9 Å². The monoisotopic (exact) mass is 866 g/mol. The molecule has 2 aromatic carbocycles. The lowest BCUT2D eigenvalue weighted by Crippen LogP contribution is -2.53. The number of aromatic amines is 2. The molecule has 0 aliphatic carbocycles. The van der Waals surface area contributed by atoms with Gasteiger partial charge in [-0.2, -0.15) is 0 Å². The molecule has 0 saturated carbocycles. The average Bonchev–Trinajstić information content (AvgIpc) is 4.14. The molecule has 4 saturated heterocycles. The van der Waals surface area contributed by atoms with E-state index < -0.39 is 32.3 Å². The lowest BCUT2D eigenvalue weighted by Gasteiger charge is -2.34. The fraction of sp³-hybridized carbons (Fsp3) is 0.511. The summed E-state index contributed by atoms with van der Waals surface area (Å²) in [4.78, 5) is 73.3. The Morgan fingerprint density at radius 2 is 1.10 bits per heavy atom. The molecule has 16 nitrogen and oxygen atoms in total. The minimum Gasteiger partial charge on any atom is -0.453 e. The van der Waals surface area contributed by atoms with Crippen LogP contribution in [-0.2, 0) is 28.5 Å². The van der Waals surface area contributed by atoms with Gasteiger partial charge in [0, 0.05) is 39.1 Å². The number of rotatable bonds is 11. The first-order valence-electron chi connectivity index (χ1n) is 21.8. The van der Waals surface area contributed by atoms with Crippen molar-refractivity contribution in [3.63, 3.8) is 0 Å². The third-order valence-electron chi connectivity index (χ3n) is 13.0. The van der Waals surface area contributed by atoms with Gasteiger partial charge in [-0.15, -0.1) is 0 Å². The number of benzene rings is 2. The number of amides is 4. The number of hydrogen-bond acceptors (Lipinski definition) is 10. The minimum absolute atomic E-state index is 0.0293. The number of carbonyl (C=O) groups excluding carboxylic acids is 4. The Hall–Kier alpha value is -5.52. The molecule has 4 atom stereocenters. The van der Waals surface area contributed by atoms with Gasteiger partial charge in [0.05, 0.1) is 58.2 Å². The Morgan fingerprint density at radius 3 is 1.56 bits per heavy atom. The molecule has 0 spiro atoms. The van der Waals surface area contributed by atoms with E-state index in [0.717, 1.165) is 64.2 Å². The molecular formula is C45H58N8O8Si. The topological polar surface area (TPSA) is 193 Å². The summed E-state index contributed by atoms with van der Waals surface area (Å²) in [7, 11) is 0.839. The Morgan fingerprint density at radius 1 is 0.661 bits per heavy atom. The quantitative estimate of drug-likeness (QED) is 0.126. The Balaban J connectivity index is 0.930. The zero-order chi connectivity index (χ0) is 43.4. The molecule has 6 heterocycles. The summed E-state index contributed by atoms with van der Waals surface area (Å²) in [6.45, 7) is 7.40. The number of aromatic nitrogens is 4. The van der Waals surface area contributed by atoms with Crippen molar-refractivity contribution in [2.45, 2.75) is 81.8 Å². The minimum atomic E-state index is -1.79. The molecule has 4 N–H and O–H groups in total. The number of likely N-dealkylation sites (tertiary alicyclic amines) is 1. The van der Waals surface area contributed by atoms with Gasteiger partial charge >= 0.3 is 12.2 Å². The highest BCUT2D eigenvalue weighted by atomic mass is 28.3. The molecule has 8 rings (SSSR count). The number of alkyl carbamates (subject to hydrolysis) is 2. The van der Waals surface area contributed by atoms with E-state index in [1.54, 1.807) is 0 Å². The number of hydrogen-bond donors (Lipinski definition) is 4. The van der Waals surface area contributed by atoms with Gasteiger partial charge in [-0.25, -0.2) is 19.6 Å². The third-order valence-corrected chi connectivity index (χ3v) is 15.7. The number of imidazole rings is 2. The van der Waals surface area contributed by atoms with Crippen LogP contribution in [0.4, 0.5) is 9.59 Å². The zero-order valence-corrected chi connectivity index (χ0v) is 37.0. The third kappa shape index (κ3) is 9.44. The highest BCUT2D eigenvalue weighted by molar-refractivity contribution is 6.78. The van der Waals surface area contributed by atoms with Crippen LogP contribution in [0.1, 0.15) is 62.3 Å². The zero-order valence-electron chi connectivity index (χ0n) is 36.0. The van der Waals surface area contributed by atoms with Crippen molar-refractivity contribution in [2.75, 3.05) is 53.4 Å². The molecule has 2 aromatic heterocycles. The van der Waals surface area contributed by atoms with E-state index >= 15 is 0 Å². The number of methoxy groups -OCH3 is 2. The molecule has 4 aliphatic heterocycles. The van der Waals surface area contributed by atoms with Gasteiger partial charge in [0.2, 0.25) is 11.8 Å². The van der Waals surface area contributed by atoms with Crippen LogP contribution < -0.4 is 10.6 Å². The van der Waals surface area contributed by atoms with Crippen LogP contribution in [-0.4, -0.2) is 127 Å². The van der Waals surface area contributed by atoms with Gasteiger partial charge in [0.1, 0.15) is 23.7 Å². The van der Waals surface area contributed by atoms with Gasteiger partial charge in [-0.1, -0.05) is 61.6 Å². The molecule has 330 valence electrons. The van der Waals surface area contributed by atoms with E-state index in [1.807, 2.05) is 22.2 Å². The number of ether oxygens (including phenoxy) is 4. The van der Waals surface area contributed by atoms with Crippen LogP contribution in [0, 0.1) is 11.8 Å². The lowest BCUT2D eigenvalue weighted by molar-refractivity contribution is -0.137. The van der Waals surface area contributed by atoms with E-state index in [-0.39, 0.29) is 35.7 Å². The van der Waals surface area contributed by atoms with Crippen molar-refractivity contribution < 1.29 is 38.1 Å². The van der Waals surface area contributed by atoms with Crippen LogP contribution >= 0.6 is 0 Å². The maximum absolute atomic E-state index is 14.3. The summed E-state index contributed by atoms with van der Waals surface area (Å²) in [5.41, 5.74) is 5.80. The Labute approximate surface area is 362 Å². The largest absolute Gasteiger partial charge is 0.453 e. The van der Waals surface area contributed by atoms with Crippen molar-refractivity contribution in [3.8, 4) is 33.6 Å². The van der Waals surface area contributed by atoms with E-state index in [4.69, 9.17) is 28.9 Å². The van der Waals surface area contributed by atoms with Gasteiger partial charge in [-0.05, 0) is 78.7 Å². The van der Waals surface area contributed by atoms with Gasteiger partial charge < -0.3 is 49.3 Å². The maximum Gasteiger partial charge on any atom is 0.407 e. The van der Waals surface area contributed by atoms with Gasteiger partial charge in [-0.3, -0.25) is 9.59 Å². The van der Waals surface area contributed by atoms with Crippen LogP contribution in [0.3, 0.4) is 0 Å². The van der Waals surface area contributed by atoms with Crippen LogP contribution in [0.5, 0.6) is 0 Å².